The lowest BCUT2D eigenvalue weighted by Gasteiger charge is -2.34. The largest absolute Gasteiger partial charge is 0.345 e. The zero-order valence-corrected chi connectivity index (χ0v) is 18.0. The SMILES string of the molecule is O=C(CCS(=O)(=O)Cc1ccccc1)N1CCN(c2nc3ccc(F)cc3s2)CC1. The van der Waals surface area contributed by atoms with E-state index in [0.29, 0.717) is 26.2 Å². The van der Waals surface area contributed by atoms with E-state index in [9.17, 15) is 17.6 Å². The van der Waals surface area contributed by atoms with Crippen LogP contribution < -0.4 is 4.90 Å². The molecule has 6 nitrogen and oxygen atoms in total. The van der Waals surface area contributed by atoms with E-state index in [2.05, 4.69) is 9.88 Å². The minimum Gasteiger partial charge on any atom is -0.345 e. The molecule has 0 aliphatic carbocycles. The number of carbonyl (C=O) groups is 1. The van der Waals surface area contributed by atoms with Gasteiger partial charge in [0.2, 0.25) is 5.91 Å². The molecule has 158 valence electrons. The van der Waals surface area contributed by atoms with Gasteiger partial charge in [0, 0.05) is 32.6 Å². The van der Waals surface area contributed by atoms with Crippen LogP contribution in [0.2, 0.25) is 0 Å². The lowest BCUT2D eigenvalue weighted by atomic mass is 10.2. The van der Waals surface area contributed by atoms with Gasteiger partial charge < -0.3 is 9.80 Å². The number of nitrogens with zero attached hydrogens (tertiary/aromatic N) is 3. The molecule has 1 amide bonds. The lowest BCUT2D eigenvalue weighted by Crippen LogP contribution is -2.49. The van der Waals surface area contributed by atoms with E-state index in [1.165, 1.54) is 23.5 Å². The van der Waals surface area contributed by atoms with Crippen molar-refractivity contribution in [2.45, 2.75) is 12.2 Å². The second-order valence-corrected chi connectivity index (χ2v) is 10.5. The van der Waals surface area contributed by atoms with Gasteiger partial charge in [0.05, 0.1) is 21.7 Å². The molecule has 0 saturated carbocycles. The number of benzene rings is 2. The molecule has 4 rings (SSSR count). The van der Waals surface area contributed by atoms with Crippen LogP contribution in [0.25, 0.3) is 10.2 Å². The number of hydrogen-bond donors (Lipinski definition) is 0. The van der Waals surface area contributed by atoms with Crippen molar-refractivity contribution >= 4 is 42.4 Å². The average molecular weight is 448 g/mol. The van der Waals surface area contributed by atoms with Crippen molar-refractivity contribution in [3.8, 4) is 0 Å². The minimum atomic E-state index is -3.34. The van der Waals surface area contributed by atoms with Gasteiger partial charge in [-0.25, -0.2) is 17.8 Å². The Kier molecular flexibility index (Phi) is 6.01. The first-order chi connectivity index (χ1) is 14.4. The number of carbonyl (C=O) groups excluding carboxylic acids is 1. The number of fused-ring (bicyclic) bond motifs is 1. The topological polar surface area (TPSA) is 70.6 Å². The molecule has 1 aliphatic heterocycles. The van der Waals surface area contributed by atoms with Gasteiger partial charge in [0.15, 0.2) is 15.0 Å². The van der Waals surface area contributed by atoms with E-state index in [0.717, 1.165) is 20.9 Å². The summed E-state index contributed by atoms with van der Waals surface area (Å²) in [4.78, 5) is 20.8. The maximum Gasteiger partial charge on any atom is 0.223 e. The van der Waals surface area contributed by atoms with Crippen LogP contribution in [0, 0.1) is 5.82 Å². The Hall–Kier alpha value is -2.52. The summed E-state index contributed by atoms with van der Waals surface area (Å²) in [6, 6.07) is 13.5. The first-order valence-electron chi connectivity index (χ1n) is 9.73. The molecule has 30 heavy (non-hydrogen) atoms. The molecule has 3 aromatic rings. The molecule has 0 atom stereocenters. The highest BCUT2D eigenvalue weighted by Crippen LogP contribution is 2.29. The number of hydrogen-bond acceptors (Lipinski definition) is 6. The Labute approximate surface area is 178 Å². The first-order valence-corrected chi connectivity index (χ1v) is 12.4. The molecule has 2 aromatic carbocycles. The molecular formula is C21H22FN3O3S2. The smallest absolute Gasteiger partial charge is 0.223 e. The van der Waals surface area contributed by atoms with Crippen LogP contribution in [0.1, 0.15) is 12.0 Å². The van der Waals surface area contributed by atoms with Crippen molar-refractivity contribution in [1.82, 2.24) is 9.88 Å². The Balaban J connectivity index is 1.29. The molecule has 2 heterocycles. The van der Waals surface area contributed by atoms with Crippen LogP contribution in [0.15, 0.2) is 48.5 Å². The molecule has 1 aromatic heterocycles. The molecule has 0 radical (unpaired) electrons. The molecule has 9 heteroatoms. The van der Waals surface area contributed by atoms with Crippen molar-refractivity contribution in [3.05, 3.63) is 59.9 Å². The van der Waals surface area contributed by atoms with E-state index >= 15 is 0 Å². The summed E-state index contributed by atoms with van der Waals surface area (Å²) in [5.74, 6) is -0.620. The van der Waals surface area contributed by atoms with E-state index in [4.69, 9.17) is 0 Å². The highest BCUT2D eigenvalue weighted by Gasteiger charge is 2.24. The standard InChI is InChI=1S/C21H22FN3O3S2/c22-17-6-7-18-19(14-17)29-21(23-18)25-11-9-24(10-12-25)20(26)8-13-30(27,28)15-16-4-2-1-3-5-16/h1-7,14H,8-13,15H2. The quantitative estimate of drug-likeness (QED) is 0.581. The number of halogens is 1. The predicted octanol–water partition coefficient (Wildman–Crippen LogP) is 3.09. The summed E-state index contributed by atoms with van der Waals surface area (Å²) in [7, 11) is -3.34. The van der Waals surface area contributed by atoms with Crippen molar-refractivity contribution in [1.29, 1.82) is 0 Å². The van der Waals surface area contributed by atoms with Gasteiger partial charge in [-0.05, 0) is 23.8 Å². The molecule has 1 fully saturated rings. The van der Waals surface area contributed by atoms with Gasteiger partial charge in [-0.2, -0.15) is 0 Å². The highest BCUT2D eigenvalue weighted by atomic mass is 32.2. The van der Waals surface area contributed by atoms with E-state index < -0.39 is 9.84 Å². The van der Waals surface area contributed by atoms with E-state index in [1.807, 2.05) is 6.07 Å². The number of anilines is 1. The second-order valence-electron chi connectivity index (χ2n) is 7.30. The van der Waals surface area contributed by atoms with Crippen LogP contribution in [-0.2, 0) is 20.4 Å². The summed E-state index contributed by atoms with van der Waals surface area (Å²) in [5.41, 5.74) is 1.49. The molecule has 1 aliphatic rings. The van der Waals surface area contributed by atoms with Gasteiger partial charge in [-0.15, -0.1) is 0 Å². The molecule has 0 unspecified atom stereocenters. The molecule has 0 bridgehead atoms. The fourth-order valence-corrected chi connectivity index (χ4v) is 5.84. The third-order valence-electron chi connectivity index (χ3n) is 5.10. The molecular weight excluding hydrogens is 425 g/mol. The summed E-state index contributed by atoms with van der Waals surface area (Å²) in [5, 5.41) is 0.813. The van der Waals surface area contributed by atoms with E-state index in [-0.39, 0.29) is 29.7 Å². The Morgan fingerprint density at radius 3 is 2.53 bits per heavy atom. The van der Waals surface area contributed by atoms with Crippen molar-refractivity contribution in [2.75, 3.05) is 36.8 Å². The number of rotatable bonds is 6. The van der Waals surface area contributed by atoms with Gasteiger partial charge >= 0.3 is 0 Å². The summed E-state index contributed by atoms with van der Waals surface area (Å²) in [6.45, 7) is 2.26. The van der Waals surface area contributed by atoms with E-state index in [1.54, 1.807) is 35.2 Å². The number of sulfone groups is 1. The van der Waals surface area contributed by atoms with Gasteiger partial charge in [-0.1, -0.05) is 41.7 Å². The highest BCUT2D eigenvalue weighted by molar-refractivity contribution is 7.90. The van der Waals surface area contributed by atoms with Gasteiger partial charge in [-0.3, -0.25) is 4.79 Å². The Morgan fingerprint density at radius 2 is 1.80 bits per heavy atom. The average Bonchev–Trinajstić information content (AvgIpc) is 3.16. The fourth-order valence-electron chi connectivity index (χ4n) is 3.47. The van der Waals surface area contributed by atoms with Crippen LogP contribution >= 0.6 is 11.3 Å². The molecule has 0 N–H and O–H groups in total. The fraction of sp³-hybridized carbons (Fsp3) is 0.333. The number of amides is 1. The van der Waals surface area contributed by atoms with Crippen LogP contribution in [-0.4, -0.2) is 56.1 Å². The summed E-state index contributed by atoms with van der Waals surface area (Å²) >= 11 is 1.43. The van der Waals surface area contributed by atoms with Gasteiger partial charge in [0.1, 0.15) is 5.82 Å². The zero-order chi connectivity index (χ0) is 21.1. The number of thiazole rings is 1. The Bertz CT molecular complexity index is 1140. The molecule has 0 spiro atoms. The molecule has 1 saturated heterocycles. The summed E-state index contributed by atoms with van der Waals surface area (Å²) < 4.78 is 38.8. The number of aromatic nitrogens is 1. The third kappa shape index (κ3) is 4.96. The second kappa shape index (κ2) is 8.69. The maximum atomic E-state index is 13.4. The first kappa shape index (κ1) is 20.7. The van der Waals surface area contributed by atoms with Crippen LogP contribution in [0.3, 0.4) is 0 Å². The van der Waals surface area contributed by atoms with Crippen molar-refractivity contribution < 1.29 is 17.6 Å². The minimum absolute atomic E-state index is 0.00438. The van der Waals surface area contributed by atoms with Crippen LogP contribution in [0.4, 0.5) is 9.52 Å². The summed E-state index contributed by atoms with van der Waals surface area (Å²) in [6.07, 6.45) is -0.00438. The van der Waals surface area contributed by atoms with Crippen molar-refractivity contribution in [2.24, 2.45) is 0 Å². The predicted molar refractivity (Wildman–Crippen MR) is 117 cm³/mol. The van der Waals surface area contributed by atoms with Gasteiger partial charge in [0.25, 0.3) is 0 Å². The Morgan fingerprint density at radius 1 is 1.07 bits per heavy atom. The van der Waals surface area contributed by atoms with Crippen molar-refractivity contribution in [3.63, 3.8) is 0 Å². The third-order valence-corrected chi connectivity index (χ3v) is 7.78. The normalized spacial score (nSPS) is 15.0. The monoisotopic (exact) mass is 447 g/mol. The zero-order valence-electron chi connectivity index (χ0n) is 16.3. The maximum absolute atomic E-state index is 13.4. The number of piperazine rings is 1. The van der Waals surface area contributed by atoms with Crippen LogP contribution in [0.5, 0.6) is 0 Å². The lowest BCUT2D eigenvalue weighted by molar-refractivity contribution is -0.131.